The average molecular weight is 443 g/mol. The van der Waals surface area contributed by atoms with Gasteiger partial charge in [0.25, 0.3) is 0 Å². The number of nitrogens with one attached hydrogen (secondary N) is 2. The summed E-state index contributed by atoms with van der Waals surface area (Å²) in [6, 6.07) is 21.8. The zero-order valence-electron chi connectivity index (χ0n) is 19.5. The molecule has 0 saturated heterocycles. The van der Waals surface area contributed by atoms with Crippen molar-refractivity contribution in [1.29, 1.82) is 0 Å². The van der Waals surface area contributed by atoms with Gasteiger partial charge in [-0.15, -0.1) is 0 Å². The van der Waals surface area contributed by atoms with Gasteiger partial charge in [0, 0.05) is 30.8 Å². The minimum atomic E-state index is 0.192. The summed E-state index contributed by atoms with van der Waals surface area (Å²) in [4.78, 5) is 14.1. The maximum Gasteiger partial charge on any atom is 0.225 e. The highest BCUT2D eigenvalue weighted by molar-refractivity contribution is 5.71. The molecule has 1 aromatic heterocycles. The third-order valence-electron chi connectivity index (χ3n) is 6.30. The Morgan fingerprint density at radius 2 is 1.58 bits per heavy atom. The molecule has 1 aliphatic carbocycles. The molecule has 1 heterocycles. The topological polar surface area (TPSA) is 88.2 Å². The van der Waals surface area contributed by atoms with Crippen molar-refractivity contribution in [3.8, 4) is 0 Å². The summed E-state index contributed by atoms with van der Waals surface area (Å²) in [6.45, 7) is 4.61. The molecule has 0 bridgehead atoms. The Hall–Kier alpha value is -3.25. The van der Waals surface area contributed by atoms with Gasteiger partial charge < -0.3 is 16.4 Å². The first kappa shape index (κ1) is 22.9. The minimum Gasteiger partial charge on any atom is -0.367 e. The van der Waals surface area contributed by atoms with E-state index in [4.69, 9.17) is 15.7 Å². The number of anilines is 2. The lowest BCUT2D eigenvalue weighted by Gasteiger charge is -2.27. The Bertz CT molecular complexity index is 1000. The van der Waals surface area contributed by atoms with E-state index in [1.54, 1.807) is 6.21 Å². The first-order valence-corrected chi connectivity index (χ1v) is 11.9. The molecule has 1 aliphatic rings. The molecule has 0 atom stereocenters. The van der Waals surface area contributed by atoms with Crippen LogP contribution in [0.15, 0.2) is 65.7 Å². The van der Waals surface area contributed by atoms with E-state index in [1.165, 1.54) is 11.1 Å². The Morgan fingerprint density at radius 1 is 0.970 bits per heavy atom. The van der Waals surface area contributed by atoms with Crippen molar-refractivity contribution in [3.63, 3.8) is 0 Å². The number of aliphatic imine (C=N–C) groups is 1. The van der Waals surface area contributed by atoms with Gasteiger partial charge in [-0.3, -0.25) is 4.99 Å². The number of hydrogen-bond donors (Lipinski definition) is 3. The van der Waals surface area contributed by atoms with Gasteiger partial charge in [-0.1, -0.05) is 60.7 Å². The Morgan fingerprint density at radius 3 is 2.15 bits per heavy atom. The van der Waals surface area contributed by atoms with Crippen LogP contribution >= 0.6 is 0 Å². The molecule has 4 N–H and O–H groups in total. The molecule has 33 heavy (non-hydrogen) atoms. The number of benzene rings is 2. The van der Waals surface area contributed by atoms with Crippen LogP contribution in [0.3, 0.4) is 0 Å². The molecular weight excluding hydrogens is 408 g/mol. The van der Waals surface area contributed by atoms with Crippen LogP contribution in [0.5, 0.6) is 0 Å². The van der Waals surface area contributed by atoms with Crippen LogP contribution in [-0.4, -0.2) is 34.8 Å². The van der Waals surface area contributed by atoms with Crippen molar-refractivity contribution >= 4 is 23.7 Å². The fourth-order valence-electron chi connectivity index (χ4n) is 4.48. The molecule has 1 saturated carbocycles. The maximum atomic E-state index is 6.07. The SMILES string of the molecule is CC=Nc1c(C)nc(NC2CCC(N)CC2)nc1NCC(c1ccccc1)c1ccccc1. The van der Waals surface area contributed by atoms with Gasteiger partial charge in [-0.25, -0.2) is 4.98 Å². The molecule has 4 rings (SSSR count). The van der Waals surface area contributed by atoms with Crippen LogP contribution in [0.4, 0.5) is 17.5 Å². The highest BCUT2D eigenvalue weighted by Crippen LogP contribution is 2.31. The van der Waals surface area contributed by atoms with Crippen LogP contribution in [0.25, 0.3) is 0 Å². The van der Waals surface area contributed by atoms with Crippen molar-refractivity contribution in [2.45, 2.75) is 57.5 Å². The van der Waals surface area contributed by atoms with Gasteiger partial charge in [0.05, 0.1) is 5.69 Å². The number of rotatable bonds is 8. The largest absolute Gasteiger partial charge is 0.367 e. The van der Waals surface area contributed by atoms with Gasteiger partial charge >= 0.3 is 0 Å². The van der Waals surface area contributed by atoms with E-state index in [0.29, 0.717) is 24.6 Å². The van der Waals surface area contributed by atoms with E-state index in [9.17, 15) is 0 Å². The lowest BCUT2D eigenvalue weighted by Crippen LogP contribution is -2.33. The summed E-state index contributed by atoms with van der Waals surface area (Å²) in [5, 5.41) is 7.13. The molecule has 2 aromatic carbocycles. The molecule has 3 aromatic rings. The Balaban J connectivity index is 1.59. The Kier molecular flexibility index (Phi) is 7.68. The van der Waals surface area contributed by atoms with E-state index >= 15 is 0 Å². The summed E-state index contributed by atoms with van der Waals surface area (Å²) < 4.78 is 0. The normalized spacial score (nSPS) is 18.5. The predicted molar refractivity (Wildman–Crippen MR) is 138 cm³/mol. The quantitative estimate of drug-likeness (QED) is 0.405. The van der Waals surface area contributed by atoms with Crippen molar-refractivity contribution in [1.82, 2.24) is 9.97 Å². The Labute approximate surface area is 196 Å². The predicted octanol–water partition coefficient (Wildman–Crippen LogP) is 5.43. The van der Waals surface area contributed by atoms with Crippen LogP contribution in [0, 0.1) is 6.92 Å². The van der Waals surface area contributed by atoms with Gasteiger partial charge in [0.15, 0.2) is 5.82 Å². The smallest absolute Gasteiger partial charge is 0.225 e. The molecule has 172 valence electrons. The van der Waals surface area contributed by atoms with E-state index in [2.05, 4.69) is 76.3 Å². The van der Waals surface area contributed by atoms with Crippen molar-refractivity contribution < 1.29 is 0 Å². The van der Waals surface area contributed by atoms with Gasteiger partial charge in [0.1, 0.15) is 5.69 Å². The molecule has 0 radical (unpaired) electrons. The third-order valence-corrected chi connectivity index (χ3v) is 6.30. The average Bonchev–Trinajstić information content (AvgIpc) is 2.84. The summed E-state index contributed by atoms with van der Waals surface area (Å²) in [5.74, 6) is 1.60. The van der Waals surface area contributed by atoms with Gasteiger partial charge in [-0.05, 0) is 50.7 Å². The molecule has 0 amide bonds. The van der Waals surface area contributed by atoms with Crippen LogP contribution in [0.2, 0.25) is 0 Å². The third kappa shape index (κ3) is 5.96. The summed E-state index contributed by atoms with van der Waals surface area (Å²) >= 11 is 0. The number of nitrogens with two attached hydrogens (primary N) is 1. The minimum absolute atomic E-state index is 0.192. The maximum absolute atomic E-state index is 6.07. The van der Waals surface area contributed by atoms with Crippen LogP contribution < -0.4 is 16.4 Å². The van der Waals surface area contributed by atoms with Crippen LogP contribution in [0.1, 0.15) is 55.3 Å². The van der Waals surface area contributed by atoms with Crippen molar-refractivity contribution in [2.24, 2.45) is 10.7 Å². The standard InChI is InChI=1S/C27H34N6/c1-3-29-25-19(2)31-27(32-23-16-14-22(28)15-17-23)33-26(25)30-18-24(20-10-6-4-7-11-20)21-12-8-5-9-13-21/h3-13,22-24H,14-18,28H2,1-2H3,(H2,30,31,32,33). The molecule has 0 aliphatic heterocycles. The lowest BCUT2D eigenvalue weighted by molar-refractivity contribution is 0.410. The fourth-order valence-corrected chi connectivity index (χ4v) is 4.48. The van der Waals surface area contributed by atoms with Gasteiger partial charge in [-0.2, -0.15) is 4.98 Å². The number of aromatic nitrogens is 2. The highest BCUT2D eigenvalue weighted by atomic mass is 15.2. The second-order valence-corrected chi connectivity index (χ2v) is 8.73. The first-order chi connectivity index (χ1) is 16.1. The van der Waals surface area contributed by atoms with Gasteiger partial charge in [0.2, 0.25) is 5.95 Å². The lowest BCUT2D eigenvalue weighted by atomic mass is 9.91. The first-order valence-electron chi connectivity index (χ1n) is 11.9. The number of nitrogens with zero attached hydrogens (tertiary/aromatic N) is 3. The van der Waals surface area contributed by atoms with Crippen molar-refractivity contribution in [2.75, 3.05) is 17.2 Å². The number of hydrogen-bond acceptors (Lipinski definition) is 6. The molecule has 0 unspecified atom stereocenters. The molecule has 1 fully saturated rings. The zero-order valence-corrected chi connectivity index (χ0v) is 19.5. The van der Waals surface area contributed by atoms with Crippen LogP contribution in [-0.2, 0) is 0 Å². The summed E-state index contributed by atoms with van der Waals surface area (Å²) in [5.41, 5.74) is 10.2. The zero-order chi connectivity index (χ0) is 23.0. The highest BCUT2D eigenvalue weighted by Gasteiger charge is 2.21. The second kappa shape index (κ2) is 11.1. The molecule has 6 heteroatoms. The molecule has 6 nitrogen and oxygen atoms in total. The fraction of sp³-hybridized carbons (Fsp3) is 0.370. The molecule has 0 spiro atoms. The van der Waals surface area contributed by atoms with E-state index < -0.39 is 0 Å². The van der Waals surface area contributed by atoms with Crippen molar-refractivity contribution in [3.05, 3.63) is 77.5 Å². The summed E-state index contributed by atoms with van der Waals surface area (Å²) in [7, 11) is 0. The molecular formula is C27H34N6. The number of aryl methyl sites for hydroxylation is 1. The van der Waals surface area contributed by atoms with E-state index in [0.717, 1.165) is 42.9 Å². The summed E-state index contributed by atoms with van der Waals surface area (Å²) in [6.07, 6.45) is 5.96. The monoisotopic (exact) mass is 442 g/mol. The van der Waals surface area contributed by atoms with E-state index in [1.807, 2.05) is 13.8 Å². The second-order valence-electron chi connectivity index (χ2n) is 8.73. The van der Waals surface area contributed by atoms with E-state index in [-0.39, 0.29) is 5.92 Å².